The molecule has 2 unspecified atom stereocenters. The standard InChI is InChI=1S/C20H24N10O11P2/c21-14-10-15(24-4-23-14)29(5-25-10)19-12(31)13-9(39-19)3-37-43(34,35)41-8-1-7(2-36-42(33)40-13)38-18(8)30-6-26-11-16(30)27-20(22)28-17(11)32/h4-9,12-13,18-19,31,33H,1-3H2,(H,34,35)(H2,21,23,24)(H3,22,27,28,32)/t7-,8+,9+,12+,13+,18+,19+,42?/m0/s1. The zero-order valence-corrected chi connectivity index (χ0v) is 23.5. The molecule has 3 aliphatic rings. The van der Waals surface area contributed by atoms with Gasteiger partial charge in [0, 0.05) is 6.42 Å². The van der Waals surface area contributed by atoms with Crippen LogP contribution < -0.4 is 17.0 Å². The van der Waals surface area contributed by atoms with Crippen LogP contribution in [0.1, 0.15) is 18.9 Å². The van der Waals surface area contributed by atoms with E-state index < -0.39 is 71.6 Å². The van der Waals surface area contributed by atoms with E-state index in [9.17, 15) is 24.3 Å². The van der Waals surface area contributed by atoms with Gasteiger partial charge >= 0.3 is 16.4 Å². The number of ether oxygens (including phenoxy) is 2. The number of aromatic amines is 1. The third kappa shape index (κ3) is 5.17. The molecule has 3 fully saturated rings. The number of aliphatic hydroxyl groups is 1. The molecular weight excluding hydrogens is 618 g/mol. The Morgan fingerprint density at radius 2 is 1.79 bits per heavy atom. The zero-order valence-electron chi connectivity index (χ0n) is 21.7. The van der Waals surface area contributed by atoms with Crippen LogP contribution in [0.2, 0.25) is 0 Å². The number of nitrogen functional groups attached to an aromatic ring is 2. The number of rotatable bonds is 2. The van der Waals surface area contributed by atoms with Crippen molar-refractivity contribution in [3.05, 3.63) is 29.3 Å². The van der Waals surface area contributed by atoms with Crippen LogP contribution in [0.5, 0.6) is 0 Å². The maximum Gasteiger partial charge on any atom is 0.472 e. The van der Waals surface area contributed by atoms with Crippen molar-refractivity contribution in [1.29, 1.82) is 0 Å². The monoisotopic (exact) mass is 642 g/mol. The quantitative estimate of drug-likeness (QED) is 0.140. The van der Waals surface area contributed by atoms with Crippen molar-refractivity contribution in [2.24, 2.45) is 0 Å². The van der Waals surface area contributed by atoms with Crippen LogP contribution in [0.25, 0.3) is 22.3 Å². The molecule has 0 aromatic carbocycles. The van der Waals surface area contributed by atoms with E-state index in [2.05, 4.69) is 29.9 Å². The number of phosphoric ester groups is 1. The lowest BCUT2D eigenvalue weighted by Gasteiger charge is -2.25. The van der Waals surface area contributed by atoms with Crippen LogP contribution in [0.3, 0.4) is 0 Å². The van der Waals surface area contributed by atoms with Crippen molar-refractivity contribution in [3.8, 4) is 0 Å². The first-order chi connectivity index (χ1) is 20.6. The molecule has 4 aromatic rings. The lowest BCUT2D eigenvalue weighted by molar-refractivity contribution is -0.0645. The molecule has 2 bridgehead atoms. The van der Waals surface area contributed by atoms with Crippen molar-refractivity contribution in [3.63, 3.8) is 0 Å². The van der Waals surface area contributed by atoms with Gasteiger partial charge in [-0.05, 0) is 0 Å². The molecule has 230 valence electrons. The van der Waals surface area contributed by atoms with Crippen LogP contribution in [0, 0.1) is 0 Å². The Bertz CT molecular complexity index is 1790. The smallest absolute Gasteiger partial charge is 0.386 e. The average molecular weight is 642 g/mol. The fourth-order valence-electron chi connectivity index (χ4n) is 5.21. The molecule has 43 heavy (non-hydrogen) atoms. The van der Waals surface area contributed by atoms with Crippen molar-refractivity contribution < 1.29 is 47.0 Å². The van der Waals surface area contributed by atoms with Crippen molar-refractivity contribution in [1.82, 2.24) is 39.0 Å². The summed E-state index contributed by atoms with van der Waals surface area (Å²) in [6.45, 7) is -0.847. The van der Waals surface area contributed by atoms with Gasteiger partial charge in [0.05, 0.1) is 32.0 Å². The summed E-state index contributed by atoms with van der Waals surface area (Å²) in [7, 11) is -7.44. The van der Waals surface area contributed by atoms with E-state index in [1.165, 1.54) is 28.1 Å². The third-order valence-electron chi connectivity index (χ3n) is 7.09. The number of H-pyrrole nitrogens is 1. The van der Waals surface area contributed by atoms with Gasteiger partial charge in [-0.25, -0.2) is 24.5 Å². The molecule has 0 spiro atoms. The largest absolute Gasteiger partial charge is 0.472 e. The number of nitrogens with zero attached hydrogens (tertiary/aromatic N) is 7. The van der Waals surface area contributed by atoms with E-state index in [-0.39, 0.29) is 47.1 Å². The SMILES string of the molecule is Nc1nc2c(ncn2[C@@H]2O[C@@H]3COP(O)O[C@H]4[C@@H](O)[C@H](n5cnc6c(N)ncnc65)O[C@@H]4COP(=O)(O)O[C@@H]2C3)c(=O)[nH]1. The summed E-state index contributed by atoms with van der Waals surface area (Å²) in [5, 5.41) is 11.1. The lowest BCUT2D eigenvalue weighted by atomic mass is 10.1. The molecule has 4 aromatic heterocycles. The molecule has 21 nitrogen and oxygen atoms in total. The van der Waals surface area contributed by atoms with Gasteiger partial charge in [-0.15, -0.1) is 0 Å². The zero-order chi connectivity index (χ0) is 30.0. The highest BCUT2D eigenvalue weighted by Crippen LogP contribution is 2.51. The van der Waals surface area contributed by atoms with Crippen LogP contribution in [0.4, 0.5) is 11.8 Å². The summed E-state index contributed by atoms with van der Waals surface area (Å²) < 4.78 is 49.7. The maximum atomic E-state index is 13.1. The van der Waals surface area contributed by atoms with Gasteiger partial charge in [0.25, 0.3) is 5.56 Å². The van der Waals surface area contributed by atoms with E-state index in [1.807, 2.05) is 0 Å². The second-order valence-electron chi connectivity index (χ2n) is 9.81. The number of hydrogen-bond acceptors (Lipinski definition) is 17. The first kappa shape index (κ1) is 28.6. The number of imidazole rings is 2. The van der Waals surface area contributed by atoms with E-state index in [0.717, 1.165) is 0 Å². The molecule has 7 heterocycles. The van der Waals surface area contributed by atoms with Crippen LogP contribution >= 0.6 is 16.4 Å². The topological polar surface area (TPSA) is 292 Å². The molecule has 0 amide bonds. The number of aliphatic hydroxyl groups excluding tert-OH is 1. The summed E-state index contributed by atoms with van der Waals surface area (Å²) in [4.78, 5) is 56.2. The van der Waals surface area contributed by atoms with Crippen LogP contribution in [-0.2, 0) is 32.1 Å². The molecule has 23 heteroatoms. The number of phosphoric acid groups is 1. The molecule has 3 saturated heterocycles. The van der Waals surface area contributed by atoms with Crippen LogP contribution in [0.15, 0.2) is 23.8 Å². The van der Waals surface area contributed by atoms with Crippen molar-refractivity contribution in [2.45, 2.75) is 49.4 Å². The number of aromatic nitrogens is 8. The van der Waals surface area contributed by atoms with Gasteiger partial charge in [-0.1, -0.05) is 0 Å². The van der Waals surface area contributed by atoms with E-state index in [4.69, 9.17) is 39.0 Å². The summed E-state index contributed by atoms with van der Waals surface area (Å²) in [6, 6.07) is 0. The number of nitrogens with two attached hydrogens (primary N) is 2. The normalized spacial score (nSPS) is 35.4. The Hall–Kier alpha value is -3.20. The molecule has 9 atom stereocenters. The third-order valence-corrected chi connectivity index (χ3v) is 8.90. The molecule has 8 N–H and O–H groups in total. The Morgan fingerprint density at radius 3 is 2.60 bits per heavy atom. The van der Waals surface area contributed by atoms with E-state index >= 15 is 0 Å². The number of fused-ring (bicyclic) bond motifs is 5. The van der Waals surface area contributed by atoms with Gasteiger partial charge in [0.15, 0.2) is 35.1 Å². The molecule has 3 aliphatic heterocycles. The van der Waals surface area contributed by atoms with E-state index in [0.29, 0.717) is 0 Å². The summed E-state index contributed by atoms with van der Waals surface area (Å²) in [5.74, 6) is -0.0730. The fourth-order valence-corrected chi connectivity index (χ4v) is 6.96. The van der Waals surface area contributed by atoms with Crippen LogP contribution in [-0.4, -0.2) is 97.7 Å². The average Bonchev–Trinajstić information content (AvgIpc) is 3.72. The highest BCUT2D eigenvalue weighted by molar-refractivity contribution is 7.47. The minimum absolute atomic E-state index is 0.00679. The lowest BCUT2D eigenvalue weighted by Crippen LogP contribution is -2.35. The molecular formula is C20H24N10O11P2. The fraction of sp³-hybridized carbons (Fsp3) is 0.500. The molecule has 7 rings (SSSR count). The predicted octanol–water partition coefficient (Wildman–Crippen LogP) is -1.19. The molecule has 0 saturated carbocycles. The Labute approximate surface area is 240 Å². The second-order valence-corrected chi connectivity index (χ2v) is 12.2. The van der Waals surface area contributed by atoms with Crippen molar-refractivity contribution >= 4 is 50.5 Å². The summed E-state index contributed by atoms with van der Waals surface area (Å²) in [6.07, 6.45) is -4.32. The van der Waals surface area contributed by atoms with Gasteiger partial charge in [-0.3, -0.25) is 28.0 Å². The highest BCUT2D eigenvalue weighted by Gasteiger charge is 2.50. The first-order valence-electron chi connectivity index (χ1n) is 12.7. The molecule has 0 radical (unpaired) electrons. The van der Waals surface area contributed by atoms with Crippen molar-refractivity contribution in [2.75, 3.05) is 24.7 Å². The Morgan fingerprint density at radius 1 is 1.02 bits per heavy atom. The number of nitrogens with one attached hydrogen (secondary N) is 1. The molecule has 0 aliphatic carbocycles. The van der Waals surface area contributed by atoms with Gasteiger partial charge < -0.3 is 44.9 Å². The minimum Gasteiger partial charge on any atom is -0.386 e. The minimum atomic E-state index is -4.83. The number of hydrogen-bond donors (Lipinski definition) is 6. The Kier molecular flexibility index (Phi) is 7.14. The first-order valence-corrected chi connectivity index (χ1v) is 15.3. The predicted molar refractivity (Wildman–Crippen MR) is 141 cm³/mol. The van der Waals surface area contributed by atoms with Gasteiger partial charge in [-0.2, -0.15) is 4.98 Å². The number of anilines is 2. The van der Waals surface area contributed by atoms with Gasteiger partial charge in [0.1, 0.15) is 36.3 Å². The summed E-state index contributed by atoms with van der Waals surface area (Å²) >= 11 is 0. The van der Waals surface area contributed by atoms with Gasteiger partial charge in [0.2, 0.25) is 5.95 Å². The summed E-state index contributed by atoms with van der Waals surface area (Å²) in [5.41, 5.74) is 11.5. The maximum absolute atomic E-state index is 13.1. The highest BCUT2D eigenvalue weighted by atomic mass is 31.2. The van der Waals surface area contributed by atoms with E-state index in [1.54, 1.807) is 0 Å². The Balaban J connectivity index is 1.16. The second kappa shape index (κ2) is 10.8.